The van der Waals surface area contributed by atoms with E-state index in [-0.39, 0.29) is 10.8 Å². The zero-order chi connectivity index (χ0) is 17.1. The number of nitrogens with one attached hydrogen (secondary N) is 1. The Balaban J connectivity index is 3.10. The fourth-order valence-electron chi connectivity index (χ4n) is 2.15. The van der Waals surface area contributed by atoms with Crippen molar-refractivity contribution in [2.45, 2.75) is 58.1 Å². The van der Waals surface area contributed by atoms with Gasteiger partial charge in [0, 0.05) is 0 Å². The SMILES string of the molecule is CC[C@H](C)[C@H](NS(=O)(=O)c1ccc(F)cc1)C(O)C(C)(C)C. The second-order valence-electron chi connectivity index (χ2n) is 6.80. The van der Waals surface area contributed by atoms with Crippen molar-refractivity contribution in [2.75, 3.05) is 0 Å². The van der Waals surface area contributed by atoms with Crippen molar-refractivity contribution in [3.8, 4) is 0 Å². The van der Waals surface area contributed by atoms with Crippen LogP contribution in [-0.2, 0) is 10.0 Å². The molecular formula is C16H26FNO3S. The molecule has 4 nitrogen and oxygen atoms in total. The van der Waals surface area contributed by atoms with Gasteiger partial charge in [0.15, 0.2) is 0 Å². The van der Waals surface area contributed by atoms with E-state index in [0.717, 1.165) is 18.6 Å². The second kappa shape index (κ2) is 7.06. The zero-order valence-electron chi connectivity index (χ0n) is 13.8. The lowest BCUT2D eigenvalue weighted by Crippen LogP contribution is -2.52. The quantitative estimate of drug-likeness (QED) is 0.842. The molecule has 0 fully saturated rings. The first-order valence-electron chi connectivity index (χ1n) is 7.45. The van der Waals surface area contributed by atoms with E-state index >= 15 is 0 Å². The maximum atomic E-state index is 12.9. The summed E-state index contributed by atoms with van der Waals surface area (Å²) in [5.41, 5.74) is -0.459. The van der Waals surface area contributed by atoms with Gasteiger partial charge in [0.2, 0.25) is 10.0 Å². The molecule has 0 amide bonds. The van der Waals surface area contributed by atoms with Crippen LogP contribution in [0, 0.1) is 17.2 Å². The summed E-state index contributed by atoms with van der Waals surface area (Å²) in [6.45, 7) is 9.42. The van der Waals surface area contributed by atoms with Crippen LogP contribution in [0.25, 0.3) is 0 Å². The summed E-state index contributed by atoms with van der Waals surface area (Å²) in [4.78, 5) is -0.0108. The molecule has 0 aromatic heterocycles. The van der Waals surface area contributed by atoms with E-state index in [9.17, 15) is 17.9 Å². The van der Waals surface area contributed by atoms with E-state index in [1.54, 1.807) is 0 Å². The molecule has 0 aliphatic carbocycles. The van der Waals surface area contributed by atoms with E-state index in [2.05, 4.69) is 4.72 Å². The third-order valence-corrected chi connectivity index (χ3v) is 5.37. The third-order valence-electron chi connectivity index (χ3n) is 3.90. The molecule has 0 bridgehead atoms. The number of benzene rings is 1. The van der Waals surface area contributed by atoms with Gasteiger partial charge in [-0.15, -0.1) is 0 Å². The Bertz CT molecular complexity index is 578. The molecule has 0 aliphatic rings. The molecule has 126 valence electrons. The lowest BCUT2D eigenvalue weighted by Gasteiger charge is -2.36. The van der Waals surface area contributed by atoms with E-state index in [1.807, 2.05) is 34.6 Å². The minimum Gasteiger partial charge on any atom is -0.391 e. The second-order valence-corrected chi connectivity index (χ2v) is 8.51. The van der Waals surface area contributed by atoms with E-state index in [1.165, 1.54) is 12.1 Å². The maximum Gasteiger partial charge on any atom is 0.240 e. The van der Waals surface area contributed by atoms with Gasteiger partial charge in [-0.2, -0.15) is 0 Å². The van der Waals surface area contributed by atoms with Crippen molar-refractivity contribution >= 4 is 10.0 Å². The molecule has 0 heterocycles. The van der Waals surface area contributed by atoms with Crippen LogP contribution in [0.15, 0.2) is 29.2 Å². The molecule has 0 saturated carbocycles. The Labute approximate surface area is 132 Å². The summed E-state index contributed by atoms with van der Waals surface area (Å²) in [5, 5.41) is 10.5. The van der Waals surface area contributed by atoms with E-state index < -0.39 is 33.4 Å². The smallest absolute Gasteiger partial charge is 0.240 e. The predicted molar refractivity (Wildman–Crippen MR) is 85.4 cm³/mol. The fraction of sp³-hybridized carbons (Fsp3) is 0.625. The van der Waals surface area contributed by atoms with Crippen molar-refractivity contribution < 1.29 is 17.9 Å². The molecule has 0 saturated heterocycles. The zero-order valence-corrected chi connectivity index (χ0v) is 14.6. The third kappa shape index (κ3) is 4.76. The predicted octanol–water partition coefficient (Wildman–Crippen LogP) is 2.93. The Morgan fingerprint density at radius 2 is 1.73 bits per heavy atom. The highest BCUT2D eigenvalue weighted by Crippen LogP contribution is 2.27. The molecular weight excluding hydrogens is 305 g/mol. The largest absolute Gasteiger partial charge is 0.391 e. The molecule has 3 atom stereocenters. The molecule has 1 aromatic carbocycles. The molecule has 1 rings (SSSR count). The molecule has 2 N–H and O–H groups in total. The molecule has 1 aromatic rings. The molecule has 22 heavy (non-hydrogen) atoms. The van der Waals surface area contributed by atoms with Crippen molar-refractivity contribution in [3.63, 3.8) is 0 Å². The van der Waals surface area contributed by atoms with Crippen LogP contribution in [0.5, 0.6) is 0 Å². The highest BCUT2D eigenvalue weighted by molar-refractivity contribution is 7.89. The minimum atomic E-state index is -3.81. The first-order valence-corrected chi connectivity index (χ1v) is 8.93. The van der Waals surface area contributed by atoms with Gasteiger partial charge in [-0.3, -0.25) is 0 Å². The Morgan fingerprint density at radius 1 is 1.23 bits per heavy atom. The Kier molecular flexibility index (Phi) is 6.12. The molecule has 6 heteroatoms. The number of hydrogen-bond donors (Lipinski definition) is 2. The summed E-state index contributed by atoms with van der Waals surface area (Å²) in [6, 6.07) is 4.03. The van der Waals surface area contributed by atoms with E-state index in [4.69, 9.17) is 0 Å². The first-order chi connectivity index (χ1) is 9.99. The van der Waals surface area contributed by atoms with Crippen molar-refractivity contribution in [1.29, 1.82) is 0 Å². The summed E-state index contributed by atoms with van der Waals surface area (Å²) >= 11 is 0. The van der Waals surface area contributed by atoms with Crippen LogP contribution in [0.4, 0.5) is 4.39 Å². The maximum absolute atomic E-state index is 12.9. The lowest BCUT2D eigenvalue weighted by molar-refractivity contribution is 0.0191. The van der Waals surface area contributed by atoms with Crippen LogP contribution in [0.2, 0.25) is 0 Å². The van der Waals surface area contributed by atoms with Crippen LogP contribution in [0.3, 0.4) is 0 Å². The highest BCUT2D eigenvalue weighted by atomic mass is 32.2. The molecule has 0 radical (unpaired) electrons. The van der Waals surface area contributed by atoms with Gasteiger partial charge < -0.3 is 5.11 Å². The molecule has 1 unspecified atom stereocenters. The first kappa shape index (κ1) is 19.1. The number of sulfonamides is 1. The lowest BCUT2D eigenvalue weighted by atomic mass is 9.80. The van der Waals surface area contributed by atoms with Gasteiger partial charge in [-0.05, 0) is 35.6 Å². The summed E-state index contributed by atoms with van der Waals surface area (Å²) in [5.74, 6) is -0.531. The number of halogens is 1. The molecule has 0 spiro atoms. The van der Waals surface area contributed by atoms with Crippen molar-refractivity contribution in [1.82, 2.24) is 4.72 Å². The van der Waals surface area contributed by atoms with Gasteiger partial charge in [-0.25, -0.2) is 17.5 Å². The monoisotopic (exact) mass is 331 g/mol. The number of aliphatic hydroxyl groups excluding tert-OH is 1. The summed E-state index contributed by atoms with van der Waals surface area (Å²) in [6.07, 6.45) is -0.110. The average molecular weight is 331 g/mol. The van der Waals surface area contributed by atoms with E-state index in [0.29, 0.717) is 0 Å². The van der Waals surface area contributed by atoms with Gasteiger partial charge in [0.05, 0.1) is 17.0 Å². The minimum absolute atomic E-state index is 0.0108. The van der Waals surface area contributed by atoms with Crippen LogP contribution < -0.4 is 4.72 Å². The van der Waals surface area contributed by atoms with Crippen LogP contribution in [-0.4, -0.2) is 25.7 Å². The summed E-state index contributed by atoms with van der Waals surface area (Å²) in [7, 11) is -3.81. The van der Waals surface area contributed by atoms with Gasteiger partial charge >= 0.3 is 0 Å². The number of hydrogen-bond acceptors (Lipinski definition) is 3. The highest BCUT2D eigenvalue weighted by Gasteiger charge is 2.36. The topological polar surface area (TPSA) is 66.4 Å². The molecule has 0 aliphatic heterocycles. The Hall–Kier alpha value is -0.980. The standard InChI is InChI=1S/C16H26FNO3S/c1-6-11(2)14(15(19)16(3,4)5)18-22(20,21)13-9-7-12(17)8-10-13/h7-11,14-15,18-19H,6H2,1-5H3/t11-,14-,15?/m0/s1. The van der Waals surface area contributed by atoms with Gasteiger partial charge in [0.1, 0.15) is 5.82 Å². The van der Waals surface area contributed by atoms with Gasteiger partial charge in [-0.1, -0.05) is 41.0 Å². The van der Waals surface area contributed by atoms with Crippen LogP contribution >= 0.6 is 0 Å². The van der Waals surface area contributed by atoms with Crippen molar-refractivity contribution in [3.05, 3.63) is 30.1 Å². The fourth-order valence-corrected chi connectivity index (χ4v) is 3.50. The number of rotatable bonds is 6. The average Bonchev–Trinajstić information content (AvgIpc) is 2.42. The normalized spacial score (nSPS) is 17.0. The van der Waals surface area contributed by atoms with Crippen molar-refractivity contribution in [2.24, 2.45) is 11.3 Å². The van der Waals surface area contributed by atoms with Gasteiger partial charge in [0.25, 0.3) is 0 Å². The number of aliphatic hydroxyl groups is 1. The summed E-state index contributed by atoms with van der Waals surface area (Å²) < 4.78 is 40.5. The van der Waals surface area contributed by atoms with Crippen LogP contribution in [0.1, 0.15) is 41.0 Å². The Morgan fingerprint density at radius 3 is 2.14 bits per heavy atom.